The predicted octanol–water partition coefficient (Wildman–Crippen LogP) is 6.34. The predicted molar refractivity (Wildman–Crippen MR) is 156 cm³/mol. The summed E-state index contributed by atoms with van der Waals surface area (Å²) in [5.74, 6) is 0.605. The van der Waals surface area contributed by atoms with E-state index in [1.165, 1.54) is 12.1 Å². The van der Waals surface area contributed by atoms with Gasteiger partial charge in [-0.1, -0.05) is 66.7 Å². The molecule has 2 aromatic heterocycles. The monoisotopic (exact) mass is 527 g/mol. The van der Waals surface area contributed by atoms with E-state index >= 15 is 0 Å². The summed E-state index contributed by atoms with van der Waals surface area (Å²) < 4.78 is 15.7. The average Bonchev–Trinajstić information content (AvgIpc) is 3.41. The van der Waals surface area contributed by atoms with E-state index in [0.29, 0.717) is 26.2 Å². The van der Waals surface area contributed by atoms with Crippen molar-refractivity contribution in [3.63, 3.8) is 0 Å². The van der Waals surface area contributed by atoms with Crippen LogP contribution in [-0.2, 0) is 0 Å². The lowest BCUT2D eigenvalue weighted by molar-refractivity contribution is 0.0748. The number of benzene rings is 4. The molecule has 0 radical (unpaired) electrons. The maximum atomic E-state index is 13.7. The zero-order valence-corrected chi connectivity index (χ0v) is 21.7. The molecule has 3 heterocycles. The van der Waals surface area contributed by atoms with Crippen molar-refractivity contribution >= 4 is 33.5 Å². The zero-order valence-electron chi connectivity index (χ0n) is 21.7. The third kappa shape index (κ3) is 4.16. The summed E-state index contributed by atoms with van der Waals surface area (Å²) in [5.41, 5.74) is 4.37. The van der Waals surface area contributed by atoms with E-state index in [0.717, 1.165) is 50.0 Å². The molecule has 7 rings (SSSR count). The Balaban J connectivity index is 1.24. The molecule has 196 valence electrons. The molecule has 7 heteroatoms. The fraction of sp³-hybridized carbons (Fsp3) is 0.121. The topological polar surface area (TPSA) is 54.3 Å². The molecule has 1 aliphatic rings. The van der Waals surface area contributed by atoms with Gasteiger partial charge in [-0.3, -0.25) is 4.79 Å². The van der Waals surface area contributed by atoms with Crippen LogP contribution in [0, 0.1) is 5.82 Å². The van der Waals surface area contributed by atoms with Crippen molar-refractivity contribution in [1.29, 1.82) is 0 Å². The minimum Gasteiger partial charge on any atom is -0.352 e. The Bertz CT molecular complexity index is 1840. The van der Waals surface area contributed by atoms with Crippen LogP contribution in [0.5, 0.6) is 0 Å². The molecule has 0 unspecified atom stereocenters. The van der Waals surface area contributed by atoms with Crippen molar-refractivity contribution in [2.24, 2.45) is 0 Å². The quantitative estimate of drug-likeness (QED) is 0.268. The first-order chi connectivity index (χ1) is 19.7. The molecule has 0 N–H and O–H groups in total. The van der Waals surface area contributed by atoms with Gasteiger partial charge in [0.15, 0.2) is 5.65 Å². The summed E-state index contributed by atoms with van der Waals surface area (Å²) in [7, 11) is 0. The van der Waals surface area contributed by atoms with Crippen molar-refractivity contribution < 1.29 is 9.18 Å². The van der Waals surface area contributed by atoms with Gasteiger partial charge in [0.1, 0.15) is 18.0 Å². The van der Waals surface area contributed by atoms with Gasteiger partial charge in [-0.15, -0.1) is 0 Å². The van der Waals surface area contributed by atoms with Crippen molar-refractivity contribution in [1.82, 2.24) is 19.4 Å². The molecular weight excluding hydrogens is 501 g/mol. The highest BCUT2D eigenvalue weighted by Gasteiger charge is 2.27. The number of carbonyl (C=O) groups is 1. The van der Waals surface area contributed by atoms with Crippen LogP contribution in [0.15, 0.2) is 110 Å². The highest BCUT2D eigenvalue weighted by Crippen LogP contribution is 2.37. The highest BCUT2D eigenvalue weighted by atomic mass is 19.1. The molecule has 0 saturated carbocycles. The van der Waals surface area contributed by atoms with Gasteiger partial charge < -0.3 is 14.4 Å². The van der Waals surface area contributed by atoms with Crippen molar-refractivity contribution in [2.45, 2.75) is 0 Å². The molecule has 0 atom stereocenters. The van der Waals surface area contributed by atoms with E-state index in [1.54, 1.807) is 18.5 Å². The molecule has 0 bridgehead atoms. The number of hydrogen-bond acceptors (Lipinski definition) is 4. The molecule has 0 spiro atoms. The largest absolute Gasteiger partial charge is 0.352 e. The number of aromatic nitrogens is 3. The summed E-state index contributed by atoms with van der Waals surface area (Å²) in [5, 5.41) is 2.98. The number of carbonyl (C=O) groups excluding carboxylic acids is 1. The summed E-state index contributed by atoms with van der Waals surface area (Å²) in [4.78, 5) is 27.1. The third-order valence-electron chi connectivity index (χ3n) is 7.64. The van der Waals surface area contributed by atoms with Crippen molar-refractivity contribution in [3.05, 3.63) is 121 Å². The van der Waals surface area contributed by atoms with Gasteiger partial charge in [-0.05, 0) is 46.7 Å². The Morgan fingerprint density at radius 2 is 1.48 bits per heavy atom. The Morgan fingerprint density at radius 3 is 2.27 bits per heavy atom. The van der Waals surface area contributed by atoms with Crippen molar-refractivity contribution in [3.8, 4) is 16.8 Å². The minimum atomic E-state index is -0.283. The number of halogens is 1. The van der Waals surface area contributed by atoms with E-state index in [-0.39, 0.29) is 11.7 Å². The number of piperazine rings is 1. The first kappa shape index (κ1) is 24.0. The van der Waals surface area contributed by atoms with E-state index in [1.807, 2.05) is 76.3 Å². The second-order valence-electron chi connectivity index (χ2n) is 9.96. The Kier molecular flexibility index (Phi) is 5.96. The van der Waals surface area contributed by atoms with Crippen LogP contribution in [-0.4, -0.2) is 51.5 Å². The molecule has 4 aromatic carbocycles. The number of nitrogens with zero attached hydrogens (tertiary/aromatic N) is 5. The second kappa shape index (κ2) is 9.93. The van der Waals surface area contributed by atoms with Gasteiger partial charge in [0.05, 0.1) is 5.39 Å². The molecule has 1 fully saturated rings. The first-order valence-corrected chi connectivity index (χ1v) is 13.4. The smallest absolute Gasteiger partial charge is 0.254 e. The van der Waals surface area contributed by atoms with Gasteiger partial charge in [0.2, 0.25) is 0 Å². The highest BCUT2D eigenvalue weighted by molar-refractivity contribution is 6.07. The lowest BCUT2D eigenvalue weighted by Gasteiger charge is -2.36. The standard InChI is InChI=1S/C33H26FN5O/c34-25-13-15-26(16-14-25)39-21-29(24-7-2-1-3-8-24)30-31(35-22-36-32(30)39)37-17-19-38(20-18-37)33(40)28-12-6-10-23-9-4-5-11-27(23)28/h1-16,21-22H,17-20H2. The first-order valence-electron chi connectivity index (χ1n) is 13.4. The van der Waals surface area contributed by atoms with E-state index in [4.69, 9.17) is 4.98 Å². The minimum absolute atomic E-state index is 0.0525. The molecule has 1 amide bonds. The van der Waals surface area contributed by atoms with Crippen molar-refractivity contribution in [2.75, 3.05) is 31.1 Å². The Morgan fingerprint density at radius 1 is 0.750 bits per heavy atom. The molecule has 6 nitrogen and oxygen atoms in total. The van der Waals surface area contributed by atoms with E-state index < -0.39 is 0 Å². The van der Waals surface area contributed by atoms with E-state index in [9.17, 15) is 9.18 Å². The van der Waals surface area contributed by atoms with Crippen LogP contribution in [0.3, 0.4) is 0 Å². The molecule has 0 aliphatic carbocycles. The van der Waals surface area contributed by atoms with Gasteiger partial charge in [-0.2, -0.15) is 0 Å². The summed E-state index contributed by atoms with van der Waals surface area (Å²) in [6, 6.07) is 30.5. The summed E-state index contributed by atoms with van der Waals surface area (Å²) in [6.45, 7) is 2.48. The lowest BCUT2D eigenvalue weighted by atomic mass is 10.0. The number of hydrogen-bond donors (Lipinski definition) is 0. The number of rotatable bonds is 4. The van der Waals surface area contributed by atoms with Crippen LogP contribution in [0.25, 0.3) is 38.6 Å². The SMILES string of the molecule is O=C(c1cccc2ccccc12)N1CCN(c2ncnc3c2c(-c2ccccc2)cn3-c2ccc(F)cc2)CC1. The maximum absolute atomic E-state index is 13.7. The van der Waals surface area contributed by atoms with Crippen LogP contribution in [0.1, 0.15) is 10.4 Å². The van der Waals surface area contributed by atoms with Gasteiger partial charge in [0.25, 0.3) is 5.91 Å². The maximum Gasteiger partial charge on any atom is 0.254 e. The van der Waals surface area contributed by atoms with Crippen LogP contribution < -0.4 is 4.90 Å². The average molecular weight is 528 g/mol. The molecule has 6 aromatic rings. The molecule has 1 saturated heterocycles. The Hall–Kier alpha value is -5.04. The molecule has 1 aliphatic heterocycles. The molecule has 40 heavy (non-hydrogen) atoms. The van der Waals surface area contributed by atoms with Gasteiger partial charge >= 0.3 is 0 Å². The fourth-order valence-corrected chi connectivity index (χ4v) is 5.62. The number of fused-ring (bicyclic) bond motifs is 2. The van der Waals surface area contributed by atoms with Crippen LogP contribution in [0.4, 0.5) is 10.2 Å². The zero-order chi connectivity index (χ0) is 27.1. The van der Waals surface area contributed by atoms with Crippen LogP contribution in [0.2, 0.25) is 0 Å². The lowest BCUT2D eigenvalue weighted by Crippen LogP contribution is -2.49. The van der Waals surface area contributed by atoms with E-state index in [2.05, 4.69) is 22.0 Å². The van der Waals surface area contributed by atoms with Crippen LogP contribution >= 0.6 is 0 Å². The second-order valence-corrected chi connectivity index (χ2v) is 9.96. The van der Waals surface area contributed by atoms with Gasteiger partial charge in [-0.25, -0.2) is 14.4 Å². The third-order valence-corrected chi connectivity index (χ3v) is 7.64. The fourth-order valence-electron chi connectivity index (χ4n) is 5.62. The number of amides is 1. The summed E-state index contributed by atoms with van der Waals surface area (Å²) >= 11 is 0. The number of anilines is 1. The normalized spacial score (nSPS) is 13.7. The Labute approximate surface area is 230 Å². The summed E-state index contributed by atoms with van der Waals surface area (Å²) in [6.07, 6.45) is 3.63. The molecular formula is C33H26FN5O. The van der Waals surface area contributed by atoms with Gasteiger partial charge in [0, 0.05) is 49.2 Å².